The maximum Gasteiger partial charge on any atom is 0.127 e. The third-order valence-corrected chi connectivity index (χ3v) is 3.03. The Balaban J connectivity index is 1.66. The summed E-state index contributed by atoms with van der Waals surface area (Å²) in [5.74, 6) is 1.77. The SMILES string of the molecule is c1ccc(Oc2cccc(CCC3CO3)c2)cc1. The molecule has 1 heterocycles. The molecule has 0 aromatic heterocycles. The van der Waals surface area contributed by atoms with E-state index in [1.165, 1.54) is 5.56 Å². The number of hydrogen-bond acceptors (Lipinski definition) is 2. The molecule has 1 fully saturated rings. The Morgan fingerprint density at radius 2 is 1.78 bits per heavy atom. The van der Waals surface area contributed by atoms with Gasteiger partial charge in [-0.25, -0.2) is 0 Å². The summed E-state index contributed by atoms with van der Waals surface area (Å²) in [6.45, 7) is 0.931. The number of epoxide rings is 1. The molecule has 0 radical (unpaired) electrons. The monoisotopic (exact) mass is 240 g/mol. The van der Waals surface area contributed by atoms with E-state index in [0.717, 1.165) is 30.9 Å². The first kappa shape index (κ1) is 11.3. The van der Waals surface area contributed by atoms with Gasteiger partial charge >= 0.3 is 0 Å². The predicted molar refractivity (Wildman–Crippen MR) is 71.0 cm³/mol. The molecule has 1 aliphatic heterocycles. The summed E-state index contributed by atoms with van der Waals surface area (Å²) in [5.41, 5.74) is 1.30. The van der Waals surface area contributed by atoms with Crippen molar-refractivity contribution < 1.29 is 9.47 Å². The van der Waals surface area contributed by atoms with Crippen molar-refractivity contribution in [2.24, 2.45) is 0 Å². The Hall–Kier alpha value is -1.80. The average Bonchev–Trinajstić information content (AvgIpc) is 3.22. The van der Waals surface area contributed by atoms with Crippen molar-refractivity contribution in [3.63, 3.8) is 0 Å². The van der Waals surface area contributed by atoms with Gasteiger partial charge in [0.1, 0.15) is 11.5 Å². The first-order valence-corrected chi connectivity index (χ1v) is 6.33. The minimum absolute atomic E-state index is 0.490. The summed E-state index contributed by atoms with van der Waals surface area (Å²) in [4.78, 5) is 0. The van der Waals surface area contributed by atoms with Crippen LogP contribution in [0.4, 0.5) is 0 Å². The van der Waals surface area contributed by atoms with Gasteiger partial charge in [0.25, 0.3) is 0 Å². The first-order valence-electron chi connectivity index (χ1n) is 6.33. The quantitative estimate of drug-likeness (QED) is 0.741. The highest BCUT2D eigenvalue weighted by molar-refractivity contribution is 5.33. The molecule has 18 heavy (non-hydrogen) atoms. The number of para-hydroxylation sites is 1. The van der Waals surface area contributed by atoms with Crippen molar-refractivity contribution in [2.75, 3.05) is 6.61 Å². The van der Waals surface area contributed by atoms with Crippen LogP contribution in [0.3, 0.4) is 0 Å². The molecule has 0 saturated carbocycles. The summed E-state index contributed by atoms with van der Waals surface area (Å²) in [6, 6.07) is 18.1. The van der Waals surface area contributed by atoms with Gasteiger partial charge in [-0.2, -0.15) is 0 Å². The van der Waals surface area contributed by atoms with E-state index in [1.807, 2.05) is 42.5 Å². The molecular formula is C16H16O2. The third kappa shape index (κ3) is 3.11. The topological polar surface area (TPSA) is 21.8 Å². The van der Waals surface area contributed by atoms with Crippen LogP contribution >= 0.6 is 0 Å². The lowest BCUT2D eigenvalue weighted by Crippen LogP contribution is -1.92. The summed E-state index contributed by atoms with van der Waals surface area (Å²) in [5, 5.41) is 0. The van der Waals surface area contributed by atoms with Crippen molar-refractivity contribution in [1.29, 1.82) is 0 Å². The van der Waals surface area contributed by atoms with Crippen molar-refractivity contribution >= 4 is 0 Å². The normalized spacial score (nSPS) is 17.4. The molecule has 3 rings (SSSR count). The van der Waals surface area contributed by atoms with E-state index < -0.39 is 0 Å². The van der Waals surface area contributed by atoms with E-state index in [2.05, 4.69) is 12.1 Å². The zero-order valence-electron chi connectivity index (χ0n) is 10.2. The Labute approximate surface area is 107 Å². The maximum atomic E-state index is 5.81. The smallest absolute Gasteiger partial charge is 0.127 e. The van der Waals surface area contributed by atoms with Crippen LogP contribution in [-0.4, -0.2) is 12.7 Å². The number of rotatable bonds is 5. The number of ether oxygens (including phenoxy) is 2. The van der Waals surface area contributed by atoms with Crippen LogP contribution in [0.25, 0.3) is 0 Å². The van der Waals surface area contributed by atoms with Crippen molar-refractivity contribution in [1.82, 2.24) is 0 Å². The van der Waals surface area contributed by atoms with Gasteiger partial charge in [-0.3, -0.25) is 0 Å². The molecule has 1 aliphatic rings. The van der Waals surface area contributed by atoms with Gasteiger partial charge in [0, 0.05) is 0 Å². The lowest BCUT2D eigenvalue weighted by molar-refractivity contribution is 0.396. The first-order chi connectivity index (χ1) is 8.90. The molecule has 0 spiro atoms. The van der Waals surface area contributed by atoms with Gasteiger partial charge in [-0.1, -0.05) is 30.3 Å². The van der Waals surface area contributed by atoms with E-state index in [9.17, 15) is 0 Å². The predicted octanol–water partition coefficient (Wildman–Crippen LogP) is 3.81. The van der Waals surface area contributed by atoms with Gasteiger partial charge in [0.15, 0.2) is 0 Å². The highest BCUT2D eigenvalue weighted by atomic mass is 16.6. The molecule has 2 heteroatoms. The van der Waals surface area contributed by atoms with Crippen molar-refractivity contribution in [2.45, 2.75) is 18.9 Å². The largest absolute Gasteiger partial charge is 0.457 e. The van der Waals surface area contributed by atoms with E-state index in [0.29, 0.717) is 6.10 Å². The highest BCUT2D eigenvalue weighted by Gasteiger charge is 2.21. The lowest BCUT2D eigenvalue weighted by Gasteiger charge is -2.07. The van der Waals surface area contributed by atoms with E-state index in [-0.39, 0.29) is 0 Å². The zero-order valence-corrected chi connectivity index (χ0v) is 10.2. The Morgan fingerprint density at radius 1 is 1.00 bits per heavy atom. The molecule has 2 aromatic rings. The molecule has 0 bridgehead atoms. The van der Waals surface area contributed by atoms with Crippen LogP contribution in [0.5, 0.6) is 11.5 Å². The fourth-order valence-electron chi connectivity index (χ4n) is 1.95. The number of aryl methyl sites for hydroxylation is 1. The van der Waals surface area contributed by atoms with Gasteiger partial charge in [-0.05, 0) is 42.7 Å². The lowest BCUT2D eigenvalue weighted by atomic mass is 10.1. The summed E-state index contributed by atoms with van der Waals surface area (Å²) < 4.78 is 11.0. The van der Waals surface area contributed by atoms with Crippen molar-refractivity contribution in [3.05, 3.63) is 60.2 Å². The summed E-state index contributed by atoms with van der Waals surface area (Å²) in [7, 11) is 0. The van der Waals surface area contributed by atoms with Crippen LogP contribution in [0, 0.1) is 0 Å². The minimum atomic E-state index is 0.490. The third-order valence-electron chi connectivity index (χ3n) is 3.03. The molecule has 2 aromatic carbocycles. The molecule has 1 saturated heterocycles. The Kier molecular flexibility index (Phi) is 3.29. The van der Waals surface area contributed by atoms with Crippen LogP contribution in [-0.2, 0) is 11.2 Å². The van der Waals surface area contributed by atoms with Crippen LogP contribution in [0.2, 0.25) is 0 Å². The summed E-state index contributed by atoms with van der Waals surface area (Å²) >= 11 is 0. The Morgan fingerprint density at radius 3 is 2.56 bits per heavy atom. The standard InChI is InChI=1S/C16H16O2/c1-2-6-14(7-3-1)18-15-8-4-5-13(11-15)9-10-16-12-17-16/h1-8,11,16H,9-10,12H2. The second kappa shape index (κ2) is 5.23. The van der Waals surface area contributed by atoms with Gasteiger partial charge < -0.3 is 9.47 Å². The second-order valence-corrected chi connectivity index (χ2v) is 4.56. The highest BCUT2D eigenvalue weighted by Crippen LogP contribution is 2.23. The average molecular weight is 240 g/mol. The molecule has 0 N–H and O–H groups in total. The molecule has 92 valence electrons. The van der Waals surface area contributed by atoms with E-state index in [4.69, 9.17) is 9.47 Å². The number of benzene rings is 2. The molecule has 2 nitrogen and oxygen atoms in total. The van der Waals surface area contributed by atoms with E-state index >= 15 is 0 Å². The molecule has 1 unspecified atom stereocenters. The Bertz CT molecular complexity index is 504. The zero-order chi connectivity index (χ0) is 12.2. The van der Waals surface area contributed by atoms with Crippen molar-refractivity contribution in [3.8, 4) is 11.5 Å². The number of hydrogen-bond donors (Lipinski definition) is 0. The van der Waals surface area contributed by atoms with Crippen LogP contribution in [0.1, 0.15) is 12.0 Å². The van der Waals surface area contributed by atoms with Gasteiger partial charge in [0.05, 0.1) is 12.7 Å². The molecule has 0 aliphatic carbocycles. The van der Waals surface area contributed by atoms with Gasteiger partial charge in [0.2, 0.25) is 0 Å². The van der Waals surface area contributed by atoms with Crippen LogP contribution < -0.4 is 4.74 Å². The minimum Gasteiger partial charge on any atom is -0.457 e. The van der Waals surface area contributed by atoms with E-state index in [1.54, 1.807) is 0 Å². The summed E-state index contributed by atoms with van der Waals surface area (Å²) in [6.07, 6.45) is 2.65. The fourth-order valence-corrected chi connectivity index (χ4v) is 1.95. The molecule has 0 amide bonds. The molecule has 1 atom stereocenters. The fraction of sp³-hybridized carbons (Fsp3) is 0.250. The van der Waals surface area contributed by atoms with Crippen LogP contribution in [0.15, 0.2) is 54.6 Å². The second-order valence-electron chi connectivity index (χ2n) is 4.56. The molecular weight excluding hydrogens is 224 g/mol. The van der Waals surface area contributed by atoms with Gasteiger partial charge in [-0.15, -0.1) is 0 Å². The maximum absolute atomic E-state index is 5.81.